The topological polar surface area (TPSA) is 65.0 Å². The summed E-state index contributed by atoms with van der Waals surface area (Å²) in [4.78, 5) is 28.0. The maximum absolute atomic E-state index is 11.8. The molecule has 2 rings (SSSR count). The van der Waals surface area contributed by atoms with Crippen LogP contribution < -0.4 is 4.74 Å². The number of methoxy groups -OCH3 is 1. The zero-order valence-electron chi connectivity index (χ0n) is 11.3. The molecule has 6 heteroatoms. The normalized spacial score (nSPS) is 20.2. The predicted molar refractivity (Wildman–Crippen MR) is 77.7 cm³/mol. The van der Waals surface area contributed by atoms with E-state index >= 15 is 0 Å². The molecule has 0 aliphatic carbocycles. The second-order valence-electron chi connectivity index (χ2n) is 4.09. The summed E-state index contributed by atoms with van der Waals surface area (Å²) >= 11 is 1.28. The lowest BCUT2D eigenvalue weighted by molar-refractivity contribution is -0.147. The number of benzene rings is 1. The maximum Gasteiger partial charge on any atom is 0.323 e. The van der Waals surface area contributed by atoms with Crippen molar-refractivity contribution < 1.29 is 19.1 Å². The van der Waals surface area contributed by atoms with E-state index in [9.17, 15) is 9.59 Å². The highest BCUT2D eigenvalue weighted by Crippen LogP contribution is 2.29. The molecule has 1 fully saturated rings. The Balaban J connectivity index is 2.27. The minimum Gasteiger partial charge on any atom is -0.497 e. The smallest absolute Gasteiger partial charge is 0.323 e. The van der Waals surface area contributed by atoms with Gasteiger partial charge in [-0.1, -0.05) is 6.07 Å². The van der Waals surface area contributed by atoms with Crippen LogP contribution in [0.15, 0.2) is 29.3 Å². The molecule has 1 saturated heterocycles. The summed E-state index contributed by atoms with van der Waals surface area (Å²) < 4.78 is 10.0. The van der Waals surface area contributed by atoms with Crippen LogP contribution in [-0.4, -0.2) is 36.3 Å². The Bertz CT molecular complexity index is 556. The quantitative estimate of drug-likeness (QED) is 0.629. The number of ketones is 1. The third kappa shape index (κ3) is 3.19. The van der Waals surface area contributed by atoms with E-state index in [2.05, 4.69) is 4.99 Å². The van der Waals surface area contributed by atoms with Crippen molar-refractivity contribution in [2.75, 3.05) is 19.5 Å². The molecule has 0 amide bonds. The summed E-state index contributed by atoms with van der Waals surface area (Å²) in [5.41, 5.74) is 0.649. The summed E-state index contributed by atoms with van der Waals surface area (Å²) in [6.45, 7) is 1.96. The first-order chi connectivity index (χ1) is 9.65. The van der Waals surface area contributed by atoms with E-state index in [4.69, 9.17) is 9.47 Å². The lowest BCUT2D eigenvalue weighted by Gasteiger charge is -2.08. The highest BCUT2D eigenvalue weighted by Gasteiger charge is 2.39. The third-order valence-corrected chi connectivity index (χ3v) is 3.80. The average molecular weight is 293 g/mol. The SMILES string of the molecule is CCOC(=O)C1C(=O)CSC1=Nc1cccc(OC)c1. The van der Waals surface area contributed by atoms with Crippen molar-refractivity contribution in [3.05, 3.63) is 24.3 Å². The molecule has 1 aliphatic heterocycles. The standard InChI is InChI=1S/C14H15NO4S/c1-3-19-14(17)12-11(16)8-20-13(12)15-9-5-4-6-10(7-9)18-2/h4-7,12H,3,8H2,1-2H3. The number of rotatable bonds is 4. The summed E-state index contributed by atoms with van der Waals surface area (Å²) in [6, 6.07) is 7.15. The minimum atomic E-state index is -0.883. The lowest BCUT2D eigenvalue weighted by atomic mass is 10.1. The van der Waals surface area contributed by atoms with Crippen molar-refractivity contribution in [3.63, 3.8) is 0 Å². The number of carbonyl (C=O) groups excluding carboxylic acids is 2. The van der Waals surface area contributed by atoms with Crippen molar-refractivity contribution in [2.24, 2.45) is 10.9 Å². The molecule has 0 spiro atoms. The first kappa shape index (κ1) is 14.6. The Hall–Kier alpha value is -1.82. The number of hydrogen-bond donors (Lipinski definition) is 0. The summed E-state index contributed by atoms with van der Waals surface area (Å²) in [5.74, 6) is -0.633. The largest absolute Gasteiger partial charge is 0.497 e. The Kier molecular flexibility index (Phi) is 4.79. The lowest BCUT2D eigenvalue weighted by Crippen LogP contribution is -2.27. The highest BCUT2D eigenvalue weighted by molar-refractivity contribution is 8.15. The molecule has 5 nitrogen and oxygen atoms in total. The summed E-state index contributed by atoms with van der Waals surface area (Å²) in [6.07, 6.45) is 0. The van der Waals surface area contributed by atoms with Crippen LogP contribution in [0, 0.1) is 5.92 Å². The van der Waals surface area contributed by atoms with Gasteiger partial charge < -0.3 is 9.47 Å². The molecule has 20 heavy (non-hydrogen) atoms. The number of ether oxygens (including phenoxy) is 2. The van der Waals surface area contributed by atoms with Crippen LogP contribution in [0.1, 0.15) is 6.92 Å². The molecule has 1 atom stereocenters. The van der Waals surface area contributed by atoms with Crippen LogP contribution in [0.3, 0.4) is 0 Å². The Morgan fingerprint density at radius 3 is 3.00 bits per heavy atom. The van der Waals surface area contributed by atoms with Gasteiger partial charge in [0.2, 0.25) is 0 Å². The Labute approximate surface area is 121 Å². The third-order valence-electron chi connectivity index (χ3n) is 2.75. The number of thioether (sulfide) groups is 1. The van der Waals surface area contributed by atoms with Gasteiger partial charge in [-0.3, -0.25) is 9.59 Å². The van der Waals surface area contributed by atoms with E-state index in [0.29, 0.717) is 16.5 Å². The predicted octanol–water partition coefficient (Wildman–Crippen LogP) is 2.22. The van der Waals surface area contributed by atoms with Crippen molar-refractivity contribution in [3.8, 4) is 5.75 Å². The van der Waals surface area contributed by atoms with Gasteiger partial charge in [0.15, 0.2) is 11.7 Å². The first-order valence-corrected chi connectivity index (χ1v) is 7.19. The fourth-order valence-electron chi connectivity index (χ4n) is 1.81. The molecular formula is C14H15NO4S. The van der Waals surface area contributed by atoms with Crippen LogP contribution >= 0.6 is 11.8 Å². The molecule has 1 aromatic rings. The van der Waals surface area contributed by atoms with Crippen molar-refractivity contribution in [2.45, 2.75) is 6.92 Å². The monoisotopic (exact) mass is 293 g/mol. The fraction of sp³-hybridized carbons (Fsp3) is 0.357. The molecule has 1 aromatic carbocycles. The van der Waals surface area contributed by atoms with Gasteiger partial charge in [0, 0.05) is 6.07 Å². The van der Waals surface area contributed by atoms with Crippen molar-refractivity contribution in [1.82, 2.24) is 0 Å². The van der Waals surface area contributed by atoms with Gasteiger partial charge in [-0.05, 0) is 19.1 Å². The second kappa shape index (κ2) is 6.56. The fourth-order valence-corrected chi connectivity index (χ4v) is 2.83. The van der Waals surface area contributed by atoms with Gasteiger partial charge >= 0.3 is 5.97 Å². The van der Waals surface area contributed by atoms with Gasteiger partial charge in [0.05, 0.1) is 30.2 Å². The van der Waals surface area contributed by atoms with Gasteiger partial charge in [0.1, 0.15) is 5.75 Å². The number of nitrogens with zero attached hydrogens (tertiary/aromatic N) is 1. The zero-order chi connectivity index (χ0) is 14.5. The van der Waals surface area contributed by atoms with Gasteiger partial charge in [-0.25, -0.2) is 4.99 Å². The number of Topliss-reactive ketones (excluding diaryl/α,β-unsaturated/α-hetero) is 1. The van der Waals surface area contributed by atoms with Crippen molar-refractivity contribution >= 4 is 34.2 Å². The summed E-state index contributed by atoms with van der Waals surface area (Å²) in [7, 11) is 1.57. The average Bonchev–Trinajstić information content (AvgIpc) is 2.80. The van der Waals surface area contributed by atoms with Gasteiger partial charge in [-0.15, -0.1) is 11.8 Å². The second-order valence-corrected chi connectivity index (χ2v) is 5.09. The number of hydrogen-bond acceptors (Lipinski definition) is 6. The van der Waals surface area contributed by atoms with Gasteiger partial charge in [0.25, 0.3) is 0 Å². The Morgan fingerprint density at radius 2 is 2.30 bits per heavy atom. The summed E-state index contributed by atoms with van der Waals surface area (Å²) in [5, 5.41) is 0.488. The van der Waals surface area contributed by atoms with E-state index in [0.717, 1.165) is 0 Å². The van der Waals surface area contributed by atoms with Crippen LogP contribution in [0.4, 0.5) is 5.69 Å². The molecule has 106 valence electrons. The number of esters is 1. The molecule has 1 heterocycles. The van der Waals surface area contributed by atoms with E-state index in [1.807, 2.05) is 0 Å². The zero-order valence-corrected chi connectivity index (χ0v) is 12.1. The molecule has 1 aliphatic rings. The molecule has 1 unspecified atom stereocenters. The molecule has 0 radical (unpaired) electrons. The van der Waals surface area contributed by atoms with Crippen LogP contribution in [-0.2, 0) is 14.3 Å². The maximum atomic E-state index is 11.8. The molecule has 0 aromatic heterocycles. The van der Waals surface area contributed by atoms with E-state index in [-0.39, 0.29) is 18.1 Å². The first-order valence-electron chi connectivity index (χ1n) is 6.20. The minimum absolute atomic E-state index is 0.157. The van der Waals surface area contributed by atoms with E-state index < -0.39 is 11.9 Å². The molecule has 0 saturated carbocycles. The van der Waals surface area contributed by atoms with Crippen LogP contribution in [0.5, 0.6) is 5.75 Å². The highest BCUT2D eigenvalue weighted by atomic mass is 32.2. The molecule has 0 N–H and O–H groups in total. The van der Waals surface area contributed by atoms with Crippen molar-refractivity contribution in [1.29, 1.82) is 0 Å². The van der Waals surface area contributed by atoms with E-state index in [1.165, 1.54) is 11.8 Å². The van der Waals surface area contributed by atoms with Crippen LogP contribution in [0.2, 0.25) is 0 Å². The van der Waals surface area contributed by atoms with E-state index in [1.54, 1.807) is 38.3 Å². The number of carbonyl (C=O) groups is 2. The molecule has 0 bridgehead atoms. The number of aliphatic imine (C=N–C) groups is 1. The Morgan fingerprint density at radius 1 is 1.50 bits per heavy atom. The molecular weight excluding hydrogens is 278 g/mol. The van der Waals surface area contributed by atoms with Gasteiger partial charge in [-0.2, -0.15) is 0 Å². The van der Waals surface area contributed by atoms with Crippen LogP contribution in [0.25, 0.3) is 0 Å².